The van der Waals surface area contributed by atoms with Crippen LogP contribution in [0.1, 0.15) is 39.0 Å². The summed E-state index contributed by atoms with van der Waals surface area (Å²) in [5, 5.41) is 12.0. The van der Waals surface area contributed by atoms with Crippen LogP contribution in [0.25, 0.3) is 0 Å². The van der Waals surface area contributed by atoms with Crippen LogP contribution in [0.3, 0.4) is 0 Å². The van der Waals surface area contributed by atoms with Gasteiger partial charge in [0.2, 0.25) is 0 Å². The molecule has 1 saturated heterocycles. The van der Waals surface area contributed by atoms with Crippen LogP contribution in [0, 0.1) is 5.41 Å². The van der Waals surface area contributed by atoms with Crippen LogP contribution >= 0.6 is 11.8 Å². The predicted molar refractivity (Wildman–Crippen MR) is 80.0 cm³/mol. The highest BCUT2D eigenvalue weighted by Crippen LogP contribution is 2.36. The molecule has 1 atom stereocenters. The van der Waals surface area contributed by atoms with Crippen molar-refractivity contribution in [1.82, 2.24) is 10.2 Å². The first-order chi connectivity index (χ1) is 9.50. The van der Waals surface area contributed by atoms with Crippen molar-refractivity contribution < 1.29 is 14.7 Å². The first-order valence-electron chi connectivity index (χ1n) is 7.34. The molecule has 1 unspecified atom stereocenters. The Balaban J connectivity index is 1.87. The third-order valence-corrected chi connectivity index (χ3v) is 5.47. The van der Waals surface area contributed by atoms with Crippen molar-refractivity contribution >= 4 is 23.8 Å². The molecule has 0 aromatic carbocycles. The number of thioether (sulfide) groups is 1. The summed E-state index contributed by atoms with van der Waals surface area (Å²) < 4.78 is 0. The lowest BCUT2D eigenvalue weighted by Gasteiger charge is -2.35. The summed E-state index contributed by atoms with van der Waals surface area (Å²) in [4.78, 5) is 24.9. The summed E-state index contributed by atoms with van der Waals surface area (Å²) in [6, 6.07) is -0.271. The standard InChI is InChI=1S/C14H24N2O3S/c1-14(4-2-3-5-14)10-15-13(19)16-6-7-20-9-11(16)8-12(17)18/h11H,2-10H2,1H3,(H,15,19)(H,17,18). The van der Waals surface area contributed by atoms with Gasteiger partial charge < -0.3 is 15.3 Å². The van der Waals surface area contributed by atoms with Gasteiger partial charge in [0, 0.05) is 24.6 Å². The van der Waals surface area contributed by atoms with Gasteiger partial charge in [-0.15, -0.1) is 0 Å². The molecule has 0 radical (unpaired) electrons. The second kappa shape index (κ2) is 6.70. The van der Waals surface area contributed by atoms with Crippen LogP contribution in [0.5, 0.6) is 0 Å². The number of nitrogens with zero attached hydrogens (tertiary/aromatic N) is 1. The maximum Gasteiger partial charge on any atom is 0.317 e. The van der Waals surface area contributed by atoms with E-state index >= 15 is 0 Å². The number of carboxylic acid groups (broad SMARTS) is 1. The van der Waals surface area contributed by atoms with Gasteiger partial charge in [0.15, 0.2) is 0 Å². The minimum atomic E-state index is -0.835. The van der Waals surface area contributed by atoms with Gasteiger partial charge in [0.05, 0.1) is 12.5 Å². The topological polar surface area (TPSA) is 69.6 Å². The number of carbonyl (C=O) groups is 2. The molecule has 1 saturated carbocycles. The largest absolute Gasteiger partial charge is 0.481 e. The lowest BCUT2D eigenvalue weighted by atomic mass is 9.89. The molecule has 0 spiro atoms. The maximum atomic E-state index is 12.3. The number of rotatable bonds is 4. The average Bonchev–Trinajstić information content (AvgIpc) is 2.83. The Morgan fingerprint density at radius 1 is 1.40 bits per heavy atom. The molecule has 0 bridgehead atoms. The van der Waals surface area contributed by atoms with Crippen molar-refractivity contribution in [2.24, 2.45) is 5.41 Å². The Labute approximate surface area is 124 Å². The van der Waals surface area contributed by atoms with Crippen molar-refractivity contribution in [2.45, 2.75) is 45.1 Å². The van der Waals surface area contributed by atoms with Crippen molar-refractivity contribution in [1.29, 1.82) is 0 Å². The molecule has 6 heteroatoms. The van der Waals surface area contributed by atoms with Crippen molar-refractivity contribution in [2.75, 3.05) is 24.6 Å². The van der Waals surface area contributed by atoms with E-state index in [4.69, 9.17) is 5.11 Å². The van der Waals surface area contributed by atoms with Gasteiger partial charge in [0.1, 0.15) is 0 Å². The fraction of sp³-hybridized carbons (Fsp3) is 0.857. The zero-order valence-corrected chi connectivity index (χ0v) is 12.9. The highest BCUT2D eigenvalue weighted by molar-refractivity contribution is 7.99. The first kappa shape index (κ1) is 15.5. The van der Waals surface area contributed by atoms with Gasteiger partial charge >= 0.3 is 12.0 Å². The van der Waals surface area contributed by atoms with E-state index in [1.807, 2.05) is 0 Å². The van der Waals surface area contributed by atoms with E-state index in [-0.39, 0.29) is 23.9 Å². The van der Waals surface area contributed by atoms with Crippen LogP contribution < -0.4 is 5.32 Å². The number of nitrogens with one attached hydrogen (secondary N) is 1. The van der Waals surface area contributed by atoms with Crippen LogP contribution in [0.2, 0.25) is 0 Å². The molecule has 20 heavy (non-hydrogen) atoms. The summed E-state index contributed by atoms with van der Waals surface area (Å²) in [6.07, 6.45) is 4.86. The SMILES string of the molecule is CC1(CNC(=O)N2CCSCC2CC(=O)O)CCCC1. The highest BCUT2D eigenvalue weighted by Gasteiger charge is 2.32. The summed E-state index contributed by atoms with van der Waals surface area (Å²) in [7, 11) is 0. The Hall–Kier alpha value is -0.910. The van der Waals surface area contributed by atoms with Gasteiger partial charge in [-0.05, 0) is 18.3 Å². The Morgan fingerprint density at radius 2 is 2.10 bits per heavy atom. The molecule has 1 aliphatic heterocycles. The lowest BCUT2D eigenvalue weighted by molar-refractivity contribution is -0.138. The summed E-state index contributed by atoms with van der Waals surface area (Å²) in [5.74, 6) is 0.774. The number of aliphatic carboxylic acids is 1. The van der Waals surface area contributed by atoms with Crippen molar-refractivity contribution in [3.05, 3.63) is 0 Å². The van der Waals surface area contributed by atoms with Crippen LogP contribution in [-0.2, 0) is 4.79 Å². The van der Waals surface area contributed by atoms with E-state index in [1.165, 1.54) is 25.7 Å². The zero-order chi connectivity index (χ0) is 14.6. The smallest absolute Gasteiger partial charge is 0.317 e. The number of hydrogen-bond acceptors (Lipinski definition) is 3. The molecule has 1 aliphatic carbocycles. The average molecular weight is 300 g/mol. The third-order valence-electron chi connectivity index (χ3n) is 4.38. The molecular weight excluding hydrogens is 276 g/mol. The first-order valence-corrected chi connectivity index (χ1v) is 8.50. The van der Waals surface area contributed by atoms with Crippen LogP contribution in [-0.4, -0.2) is 52.6 Å². The fourth-order valence-electron chi connectivity index (χ4n) is 3.09. The quantitative estimate of drug-likeness (QED) is 0.835. The normalized spacial score (nSPS) is 25.4. The molecule has 2 amide bonds. The van der Waals surface area contributed by atoms with Crippen molar-refractivity contribution in [3.8, 4) is 0 Å². The molecule has 5 nitrogen and oxygen atoms in total. The van der Waals surface area contributed by atoms with E-state index < -0.39 is 5.97 Å². The molecule has 1 heterocycles. The lowest BCUT2D eigenvalue weighted by Crippen LogP contribution is -2.52. The Bertz CT molecular complexity index is 369. The monoisotopic (exact) mass is 300 g/mol. The summed E-state index contributed by atoms with van der Waals surface area (Å²) in [6.45, 7) is 3.57. The van der Waals surface area contributed by atoms with Crippen molar-refractivity contribution in [3.63, 3.8) is 0 Å². The fourth-order valence-corrected chi connectivity index (χ4v) is 4.15. The maximum absolute atomic E-state index is 12.3. The van der Waals surface area contributed by atoms with E-state index in [0.717, 1.165) is 11.5 Å². The number of amides is 2. The molecule has 0 aromatic heterocycles. The summed E-state index contributed by atoms with van der Waals surface area (Å²) >= 11 is 1.72. The van der Waals surface area contributed by atoms with Crippen LogP contribution in [0.4, 0.5) is 4.79 Å². The number of urea groups is 1. The number of carbonyl (C=O) groups excluding carboxylic acids is 1. The van der Waals surface area contributed by atoms with Gasteiger partial charge in [-0.1, -0.05) is 19.8 Å². The molecule has 0 aromatic rings. The Kier molecular flexibility index (Phi) is 5.18. The zero-order valence-electron chi connectivity index (χ0n) is 12.1. The third kappa shape index (κ3) is 4.04. The second-order valence-corrected chi connectivity index (χ2v) is 7.35. The number of hydrogen-bond donors (Lipinski definition) is 2. The Morgan fingerprint density at radius 3 is 2.75 bits per heavy atom. The van der Waals surface area contributed by atoms with E-state index in [0.29, 0.717) is 13.1 Å². The van der Waals surface area contributed by atoms with Gasteiger partial charge in [-0.2, -0.15) is 11.8 Å². The molecular formula is C14H24N2O3S. The molecule has 2 rings (SSSR count). The highest BCUT2D eigenvalue weighted by atomic mass is 32.2. The van der Waals surface area contributed by atoms with E-state index in [1.54, 1.807) is 16.7 Å². The second-order valence-electron chi connectivity index (χ2n) is 6.20. The minimum Gasteiger partial charge on any atom is -0.481 e. The molecule has 114 valence electrons. The van der Waals surface area contributed by atoms with Gasteiger partial charge in [-0.25, -0.2) is 4.79 Å². The van der Waals surface area contributed by atoms with Gasteiger partial charge in [-0.3, -0.25) is 4.79 Å². The van der Waals surface area contributed by atoms with Crippen LogP contribution in [0.15, 0.2) is 0 Å². The van der Waals surface area contributed by atoms with E-state index in [9.17, 15) is 9.59 Å². The molecule has 2 aliphatic rings. The molecule has 2 N–H and O–H groups in total. The van der Waals surface area contributed by atoms with E-state index in [2.05, 4.69) is 12.2 Å². The summed E-state index contributed by atoms with van der Waals surface area (Å²) in [5.41, 5.74) is 0.225. The number of carboxylic acids is 1. The minimum absolute atomic E-state index is 0.0394. The molecule has 2 fully saturated rings. The van der Waals surface area contributed by atoms with Gasteiger partial charge in [0.25, 0.3) is 0 Å². The predicted octanol–water partition coefficient (Wildman–Crippen LogP) is 2.17.